The number of likely N-dealkylation sites (tertiary alicyclic amines) is 1. The van der Waals surface area contributed by atoms with Crippen molar-refractivity contribution in [2.45, 2.75) is 25.8 Å². The minimum atomic E-state index is -0.0892. The number of nitrogens with zero attached hydrogens (tertiary/aromatic N) is 4. The summed E-state index contributed by atoms with van der Waals surface area (Å²) in [5.74, 6) is 0.535. The topological polar surface area (TPSA) is 63.1 Å². The van der Waals surface area contributed by atoms with Gasteiger partial charge in [-0.05, 0) is 18.6 Å². The highest BCUT2D eigenvalue weighted by molar-refractivity contribution is 5.87. The van der Waals surface area contributed by atoms with Gasteiger partial charge in [-0.1, -0.05) is 6.07 Å². The molecule has 22 heavy (non-hydrogen) atoms. The van der Waals surface area contributed by atoms with Crippen LogP contribution < -0.4 is 5.32 Å². The van der Waals surface area contributed by atoms with Crippen LogP contribution in [0.2, 0.25) is 0 Å². The number of rotatable bonds is 5. The number of nitrogens with one attached hydrogen (secondary N) is 1. The molecule has 2 aromatic heterocycles. The molecule has 1 N–H and O–H groups in total. The maximum Gasteiger partial charge on any atom is 0.222 e. The Morgan fingerprint density at radius 3 is 3.09 bits per heavy atom. The zero-order chi connectivity index (χ0) is 15.4. The molecule has 0 aliphatic carbocycles. The third-order valence-corrected chi connectivity index (χ3v) is 3.94. The minimum absolute atomic E-state index is 0.0892. The number of pyridine rings is 1. The molecule has 6 nitrogen and oxygen atoms in total. The van der Waals surface area contributed by atoms with Gasteiger partial charge in [0, 0.05) is 57.1 Å². The Hall–Kier alpha value is -2.21. The SMILES string of the molecule is CC(=O)Nc1ccn(C2CCN(CCc3ccccn3)C2)n1. The van der Waals surface area contributed by atoms with E-state index in [4.69, 9.17) is 0 Å². The van der Waals surface area contributed by atoms with E-state index >= 15 is 0 Å². The van der Waals surface area contributed by atoms with Crippen LogP contribution in [0.3, 0.4) is 0 Å². The molecule has 0 aromatic carbocycles. The van der Waals surface area contributed by atoms with Gasteiger partial charge in [0.05, 0.1) is 6.04 Å². The van der Waals surface area contributed by atoms with Crippen LogP contribution >= 0.6 is 0 Å². The van der Waals surface area contributed by atoms with Gasteiger partial charge in [-0.25, -0.2) is 0 Å². The normalized spacial score (nSPS) is 18.5. The Kier molecular flexibility index (Phi) is 4.48. The molecule has 1 saturated heterocycles. The van der Waals surface area contributed by atoms with Crippen molar-refractivity contribution in [2.24, 2.45) is 0 Å². The quantitative estimate of drug-likeness (QED) is 0.913. The van der Waals surface area contributed by atoms with Crippen molar-refractivity contribution < 1.29 is 4.79 Å². The summed E-state index contributed by atoms with van der Waals surface area (Å²) in [4.78, 5) is 17.8. The van der Waals surface area contributed by atoms with Gasteiger partial charge in [0.2, 0.25) is 5.91 Å². The van der Waals surface area contributed by atoms with Gasteiger partial charge in [0.15, 0.2) is 5.82 Å². The summed E-state index contributed by atoms with van der Waals surface area (Å²) < 4.78 is 1.96. The van der Waals surface area contributed by atoms with E-state index in [-0.39, 0.29) is 5.91 Å². The lowest BCUT2D eigenvalue weighted by Crippen LogP contribution is -2.24. The molecule has 3 rings (SSSR count). The smallest absolute Gasteiger partial charge is 0.222 e. The largest absolute Gasteiger partial charge is 0.309 e. The summed E-state index contributed by atoms with van der Waals surface area (Å²) in [6, 6.07) is 8.27. The summed E-state index contributed by atoms with van der Waals surface area (Å²) in [6.07, 6.45) is 5.85. The van der Waals surface area contributed by atoms with Crippen LogP contribution in [-0.4, -0.2) is 45.2 Å². The van der Waals surface area contributed by atoms with Crippen molar-refractivity contribution in [1.29, 1.82) is 0 Å². The van der Waals surface area contributed by atoms with Crippen molar-refractivity contribution in [3.63, 3.8) is 0 Å². The molecule has 1 atom stereocenters. The number of hydrogen-bond donors (Lipinski definition) is 1. The van der Waals surface area contributed by atoms with E-state index in [2.05, 4.69) is 26.4 Å². The van der Waals surface area contributed by atoms with Gasteiger partial charge in [-0.3, -0.25) is 14.5 Å². The van der Waals surface area contributed by atoms with Gasteiger partial charge < -0.3 is 10.2 Å². The molecule has 6 heteroatoms. The molecule has 0 spiro atoms. The second-order valence-electron chi connectivity index (χ2n) is 5.68. The van der Waals surface area contributed by atoms with Crippen LogP contribution in [-0.2, 0) is 11.2 Å². The summed E-state index contributed by atoms with van der Waals surface area (Å²) in [7, 11) is 0. The molecule has 0 saturated carbocycles. The highest BCUT2D eigenvalue weighted by Crippen LogP contribution is 2.22. The van der Waals surface area contributed by atoms with Crippen molar-refractivity contribution >= 4 is 11.7 Å². The van der Waals surface area contributed by atoms with Crippen molar-refractivity contribution in [3.8, 4) is 0 Å². The fourth-order valence-corrected chi connectivity index (χ4v) is 2.84. The molecule has 116 valence electrons. The van der Waals surface area contributed by atoms with Crippen LogP contribution in [0.4, 0.5) is 5.82 Å². The second-order valence-corrected chi connectivity index (χ2v) is 5.68. The number of carbonyl (C=O) groups is 1. The highest BCUT2D eigenvalue weighted by Gasteiger charge is 2.24. The van der Waals surface area contributed by atoms with E-state index in [0.717, 1.165) is 38.2 Å². The van der Waals surface area contributed by atoms with E-state index < -0.39 is 0 Å². The van der Waals surface area contributed by atoms with Crippen molar-refractivity contribution in [1.82, 2.24) is 19.7 Å². The van der Waals surface area contributed by atoms with Crippen LogP contribution in [0.25, 0.3) is 0 Å². The van der Waals surface area contributed by atoms with Gasteiger partial charge in [-0.2, -0.15) is 5.10 Å². The molecule has 0 radical (unpaired) electrons. The first-order valence-corrected chi connectivity index (χ1v) is 7.66. The summed E-state index contributed by atoms with van der Waals surface area (Å²) in [6.45, 7) is 4.59. The Balaban J connectivity index is 1.51. The Bertz CT molecular complexity index is 624. The third kappa shape index (κ3) is 3.71. The molecule has 2 aromatic rings. The predicted octanol–water partition coefficient (Wildman–Crippen LogP) is 1.73. The Labute approximate surface area is 130 Å². The number of anilines is 1. The first kappa shape index (κ1) is 14.7. The fourth-order valence-electron chi connectivity index (χ4n) is 2.84. The van der Waals surface area contributed by atoms with Gasteiger partial charge in [0.25, 0.3) is 0 Å². The Morgan fingerprint density at radius 2 is 2.32 bits per heavy atom. The van der Waals surface area contributed by atoms with Crippen molar-refractivity contribution in [2.75, 3.05) is 25.0 Å². The maximum absolute atomic E-state index is 11.0. The lowest BCUT2D eigenvalue weighted by Gasteiger charge is -2.15. The molecular weight excluding hydrogens is 278 g/mol. The molecule has 1 unspecified atom stereocenters. The monoisotopic (exact) mass is 299 g/mol. The molecule has 1 amide bonds. The maximum atomic E-state index is 11.0. The van der Waals surface area contributed by atoms with Crippen LogP contribution in [0.1, 0.15) is 25.1 Å². The standard InChI is InChI=1S/C16H21N5O/c1-13(22)18-16-7-11-21(19-16)15-6-10-20(12-15)9-5-14-4-2-3-8-17-14/h2-4,7-8,11,15H,5-6,9-10,12H2,1H3,(H,18,19,22). The Morgan fingerprint density at radius 1 is 1.41 bits per heavy atom. The van der Waals surface area contributed by atoms with Crippen LogP contribution in [0.5, 0.6) is 0 Å². The van der Waals surface area contributed by atoms with E-state index in [1.165, 1.54) is 6.92 Å². The van der Waals surface area contributed by atoms with Crippen LogP contribution in [0.15, 0.2) is 36.7 Å². The van der Waals surface area contributed by atoms with Gasteiger partial charge >= 0.3 is 0 Å². The lowest BCUT2D eigenvalue weighted by atomic mass is 10.2. The van der Waals surface area contributed by atoms with Gasteiger partial charge in [-0.15, -0.1) is 0 Å². The molecule has 1 fully saturated rings. The average molecular weight is 299 g/mol. The predicted molar refractivity (Wildman–Crippen MR) is 84.6 cm³/mol. The van der Waals surface area contributed by atoms with Gasteiger partial charge in [0.1, 0.15) is 0 Å². The van der Waals surface area contributed by atoms with E-state index in [1.54, 1.807) is 0 Å². The molecular formula is C16H21N5O. The van der Waals surface area contributed by atoms with Crippen LogP contribution in [0, 0.1) is 0 Å². The first-order chi connectivity index (χ1) is 10.7. The number of amides is 1. The van der Waals surface area contributed by atoms with E-state index in [9.17, 15) is 4.79 Å². The zero-order valence-electron chi connectivity index (χ0n) is 12.8. The molecule has 1 aliphatic rings. The zero-order valence-corrected chi connectivity index (χ0v) is 12.8. The van der Waals surface area contributed by atoms with Crippen molar-refractivity contribution in [3.05, 3.63) is 42.4 Å². The average Bonchev–Trinajstić information content (AvgIpc) is 3.14. The van der Waals surface area contributed by atoms with E-state index in [1.807, 2.05) is 35.3 Å². The number of hydrogen-bond acceptors (Lipinski definition) is 4. The van der Waals surface area contributed by atoms with E-state index in [0.29, 0.717) is 11.9 Å². The first-order valence-electron chi connectivity index (χ1n) is 7.66. The summed E-state index contributed by atoms with van der Waals surface area (Å²) in [5, 5.41) is 7.14. The lowest BCUT2D eigenvalue weighted by molar-refractivity contribution is -0.114. The summed E-state index contributed by atoms with van der Waals surface area (Å²) in [5.41, 5.74) is 1.14. The number of aromatic nitrogens is 3. The molecule has 1 aliphatic heterocycles. The fraction of sp³-hybridized carbons (Fsp3) is 0.438. The summed E-state index contributed by atoms with van der Waals surface area (Å²) >= 11 is 0. The number of carbonyl (C=O) groups excluding carboxylic acids is 1. The molecule has 3 heterocycles. The second kappa shape index (κ2) is 6.70. The highest BCUT2D eigenvalue weighted by atomic mass is 16.1. The minimum Gasteiger partial charge on any atom is -0.309 e. The molecule has 0 bridgehead atoms. The third-order valence-electron chi connectivity index (χ3n) is 3.94.